The van der Waals surface area contributed by atoms with Crippen molar-refractivity contribution in [2.75, 3.05) is 34.5 Å². The van der Waals surface area contributed by atoms with Crippen LogP contribution in [-0.2, 0) is 21.1 Å². The van der Waals surface area contributed by atoms with E-state index in [2.05, 4.69) is 84.5 Å². The maximum Gasteiger partial charge on any atom is 0.214 e. The molecule has 2 saturated heterocycles. The molecule has 2 aliphatic rings. The summed E-state index contributed by atoms with van der Waals surface area (Å²) in [5, 5.41) is 1.63. The zero-order chi connectivity index (χ0) is 27.3. The summed E-state index contributed by atoms with van der Waals surface area (Å²) in [6, 6.07) is 9.20. The second kappa shape index (κ2) is 18.4. The van der Waals surface area contributed by atoms with E-state index in [0.29, 0.717) is 30.8 Å². The smallest absolute Gasteiger partial charge is 0.214 e. The molecule has 1 aromatic rings. The average Bonchev–Trinajstić information content (AvgIpc) is 3.54. The summed E-state index contributed by atoms with van der Waals surface area (Å²) in [7, 11) is 0. The van der Waals surface area contributed by atoms with Crippen molar-refractivity contribution in [3.8, 4) is 0 Å². The van der Waals surface area contributed by atoms with E-state index in [0.717, 1.165) is 35.9 Å². The maximum atomic E-state index is 11.7. The van der Waals surface area contributed by atoms with Crippen molar-refractivity contribution >= 4 is 104 Å². The van der Waals surface area contributed by atoms with Gasteiger partial charge in [-0.15, -0.1) is 47.0 Å². The number of hydrogen-bond donors (Lipinski definition) is 0. The molecule has 0 saturated carbocycles. The molecule has 0 N–H and O–H groups in total. The van der Waals surface area contributed by atoms with Gasteiger partial charge in [-0.2, -0.15) is 23.5 Å². The minimum Gasteiger partial charge on any atom is -0.282 e. The fourth-order valence-corrected chi connectivity index (χ4v) is 15.3. The van der Waals surface area contributed by atoms with Crippen LogP contribution in [0.5, 0.6) is 0 Å². The van der Waals surface area contributed by atoms with Crippen LogP contribution in [0.15, 0.2) is 48.6 Å². The largest absolute Gasteiger partial charge is 0.282 e. The Morgan fingerprint density at radius 1 is 0.763 bits per heavy atom. The van der Waals surface area contributed by atoms with Crippen molar-refractivity contribution < 1.29 is 9.59 Å². The van der Waals surface area contributed by atoms with E-state index in [-0.39, 0.29) is 10.2 Å². The Morgan fingerprint density at radius 3 is 1.53 bits per heavy atom. The van der Waals surface area contributed by atoms with Crippen molar-refractivity contribution in [2.45, 2.75) is 57.9 Å². The molecule has 1 aromatic carbocycles. The highest BCUT2D eigenvalue weighted by Gasteiger charge is 2.27. The van der Waals surface area contributed by atoms with Crippen LogP contribution < -0.4 is 0 Å². The van der Waals surface area contributed by atoms with Crippen molar-refractivity contribution in [2.24, 2.45) is 0 Å². The molecule has 2 aliphatic heterocycles. The number of hydrogen-bond acceptors (Lipinski definition) is 10. The van der Waals surface area contributed by atoms with Crippen LogP contribution in [0.4, 0.5) is 0 Å². The third-order valence-electron chi connectivity index (χ3n) is 5.74. The molecule has 0 amide bonds. The number of carbonyl (C=O) groups is 2. The van der Waals surface area contributed by atoms with Gasteiger partial charge < -0.3 is 0 Å². The topological polar surface area (TPSA) is 34.1 Å². The lowest BCUT2D eigenvalue weighted by molar-refractivity contribution is -0.108. The molecule has 0 aliphatic carbocycles. The van der Waals surface area contributed by atoms with Gasteiger partial charge in [0, 0.05) is 56.5 Å². The van der Waals surface area contributed by atoms with Gasteiger partial charge in [-0.1, -0.05) is 60.9 Å². The summed E-state index contributed by atoms with van der Waals surface area (Å²) >= 11 is 15.3. The van der Waals surface area contributed by atoms with Crippen LogP contribution in [0.2, 0.25) is 0 Å². The van der Waals surface area contributed by atoms with Gasteiger partial charge in [0.2, 0.25) is 10.2 Å². The number of rotatable bonds is 16. The Hall–Kier alpha value is 0.840. The number of carbonyl (C=O) groups excluding carboxylic acids is 2. The third-order valence-corrected chi connectivity index (χ3v) is 17.6. The average molecular weight is 663 g/mol. The van der Waals surface area contributed by atoms with Crippen LogP contribution in [0.25, 0.3) is 0 Å². The van der Waals surface area contributed by atoms with Gasteiger partial charge in [0.25, 0.3) is 0 Å². The Kier molecular flexibility index (Phi) is 16.1. The lowest BCUT2D eigenvalue weighted by atomic mass is 10.2. The minimum absolute atomic E-state index is 0.137. The predicted octanol–water partition coefficient (Wildman–Crippen LogP) is 8.95. The summed E-state index contributed by atoms with van der Waals surface area (Å²) < 4.78 is 1.34. The molecule has 0 spiro atoms. The summed E-state index contributed by atoms with van der Waals surface area (Å²) in [6.45, 7) is 11.0. The Bertz CT molecular complexity index is 860. The standard InChI is InChI=1S/C28H38O2S8/c1-19(2)27(29)33-11-9-23-15-35-25(37-23)17-31-13-21-5-7-22(8-6-21)14-32-18-26-36-16-24(38-26)10-12-34-28(30)20(3)4/h5-8,23-26H,1,3,9-18H2,2,4H3. The second-order valence-electron chi connectivity index (χ2n) is 9.30. The molecular formula is C28H38O2S8. The van der Waals surface area contributed by atoms with E-state index in [1.54, 1.807) is 13.8 Å². The first kappa shape index (κ1) is 33.3. The number of benzene rings is 1. The lowest BCUT2D eigenvalue weighted by Gasteiger charge is -2.11. The van der Waals surface area contributed by atoms with Crippen molar-refractivity contribution in [3.63, 3.8) is 0 Å². The summed E-state index contributed by atoms with van der Waals surface area (Å²) in [4.78, 5) is 23.4. The molecule has 0 bridgehead atoms. The fourth-order valence-electron chi connectivity index (χ4n) is 3.58. The number of thioether (sulfide) groups is 8. The molecule has 3 rings (SSSR count). The van der Waals surface area contributed by atoms with Crippen molar-refractivity contribution in [1.82, 2.24) is 0 Å². The van der Waals surface area contributed by atoms with Crippen LogP contribution >= 0.6 is 94.1 Å². The van der Waals surface area contributed by atoms with Crippen molar-refractivity contribution in [3.05, 3.63) is 59.7 Å². The monoisotopic (exact) mass is 662 g/mol. The minimum atomic E-state index is 0.137. The van der Waals surface area contributed by atoms with Crippen molar-refractivity contribution in [1.29, 1.82) is 0 Å². The molecule has 4 unspecified atom stereocenters. The molecule has 0 aromatic heterocycles. The predicted molar refractivity (Wildman–Crippen MR) is 188 cm³/mol. The first-order valence-electron chi connectivity index (χ1n) is 12.7. The highest BCUT2D eigenvalue weighted by molar-refractivity contribution is 8.22. The van der Waals surface area contributed by atoms with E-state index in [4.69, 9.17) is 0 Å². The van der Waals surface area contributed by atoms with Gasteiger partial charge >= 0.3 is 0 Å². The van der Waals surface area contributed by atoms with E-state index < -0.39 is 0 Å². The highest BCUT2D eigenvalue weighted by Crippen LogP contribution is 2.43. The lowest BCUT2D eigenvalue weighted by Crippen LogP contribution is -2.05. The first-order valence-corrected chi connectivity index (χ1v) is 21.0. The van der Waals surface area contributed by atoms with Gasteiger partial charge in [-0.05, 0) is 49.0 Å². The normalized spacial score (nSPS) is 23.0. The Balaban J connectivity index is 1.22. The van der Waals surface area contributed by atoms with E-state index in [1.165, 1.54) is 57.7 Å². The van der Waals surface area contributed by atoms with Gasteiger partial charge in [-0.3, -0.25) is 9.59 Å². The van der Waals surface area contributed by atoms with E-state index in [1.807, 2.05) is 23.5 Å². The molecule has 2 nitrogen and oxygen atoms in total. The zero-order valence-corrected chi connectivity index (χ0v) is 28.7. The Morgan fingerprint density at radius 2 is 1.16 bits per heavy atom. The third kappa shape index (κ3) is 12.8. The molecule has 210 valence electrons. The summed E-state index contributed by atoms with van der Waals surface area (Å²) in [5.74, 6) is 8.75. The van der Waals surface area contributed by atoms with Crippen LogP contribution in [0.3, 0.4) is 0 Å². The van der Waals surface area contributed by atoms with Crippen LogP contribution in [0, 0.1) is 0 Å². The van der Waals surface area contributed by atoms with Gasteiger partial charge in [0.1, 0.15) is 0 Å². The van der Waals surface area contributed by atoms with E-state index in [9.17, 15) is 9.59 Å². The zero-order valence-electron chi connectivity index (χ0n) is 22.2. The molecule has 4 atom stereocenters. The fraction of sp³-hybridized carbons (Fsp3) is 0.571. The second-order valence-corrected chi connectivity index (χ2v) is 19.6. The van der Waals surface area contributed by atoms with Crippen LogP contribution in [0.1, 0.15) is 37.8 Å². The van der Waals surface area contributed by atoms with Gasteiger partial charge in [0.15, 0.2) is 0 Å². The van der Waals surface area contributed by atoms with E-state index >= 15 is 0 Å². The maximum absolute atomic E-state index is 11.7. The summed E-state index contributed by atoms with van der Waals surface area (Å²) in [5.41, 5.74) is 4.13. The van der Waals surface area contributed by atoms with Crippen LogP contribution in [-0.4, -0.2) is 64.4 Å². The quantitative estimate of drug-likeness (QED) is 0.160. The molecule has 0 radical (unpaired) electrons. The van der Waals surface area contributed by atoms with Gasteiger partial charge in [0.05, 0.1) is 9.16 Å². The molecule has 38 heavy (non-hydrogen) atoms. The molecule has 2 heterocycles. The molecular weight excluding hydrogens is 625 g/mol. The molecule has 2 fully saturated rings. The Labute approximate surface area is 263 Å². The SMILES string of the molecule is C=C(C)C(=O)SCCC1CSC(CSCc2ccc(CSCC3SCC(CCSC(=O)C(=C)C)S3)cc2)S1. The highest BCUT2D eigenvalue weighted by atomic mass is 32.2. The summed E-state index contributed by atoms with van der Waals surface area (Å²) in [6.07, 6.45) is 2.22. The first-order chi connectivity index (χ1) is 18.3. The van der Waals surface area contributed by atoms with Gasteiger partial charge in [-0.25, -0.2) is 0 Å². The molecule has 10 heteroatoms.